The van der Waals surface area contributed by atoms with Crippen LogP contribution in [0, 0.1) is 13.8 Å². The average Bonchev–Trinajstić information content (AvgIpc) is 2.95. The van der Waals surface area contributed by atoms with E-state index in [-0.39, 0.29) is 11.8 Å². The number of anilines is 1. The molecular formula is C35H53N3O5S. The van der Waals surface area contributed by atoms with Crippen molar-refractivity contribution in [2.45, 2.75) is 104 Å². The summed E-state index contributed by atoms with van der Waals surface area (Å²) in [7, 11) is 1.59. The Morgan fingerprint density at radius 2 is 1.55 bits per heavy atom. The van der Waals surface area contributed by atoms with Crippen molar-refractivity contribution in [3.8, 4) is 5.75 Å². The molecule has 0 heterocycles. The van der Waals surface area contributed by atoms with E-state index in [0.717, 1.165) is 48.8 Å². The first-order chi connectivity index (χ1) is 20.9. The number of aryl methyl sites for hydroxylation is 2. The van der Waals surface area contributed by atoms with Gasteiger partial charge in [0.15, 0.2) is 0 Å². The largest absolute Gasteiger partial charge is 0.497 e. The molecule has 0 saturated carbocycles. The van der Waals surface area contributed by atoms with Crippen molar-refractivity contribution in [2.75, 3.05) is 31.0 Å². The third-order valence-electron chi connectivity index (χ3n) is 7.11. The van der Waals surface area contributed by atoms with Crippen molar-refractivity contribution < 1.29 is 23.9 Å². The Morgan fingerprint density at radius 1 is 0.932 bits per heavy atom. The third-order valence-corrected chi connectivity index (χ3v) is 7.76. The van der Waals surface area contributed by atoms with Gasteiger partial charge < -0.3 is 25.0 Å². The highest BCUT2D eigenvalue weighted by molar-refractivity contribution is 7.98. The van der Waals surface area contributed by atoms with Gasteiger partial charge in [-0.05, 0) is 89.3 Å². The minimum atomic E-state index is -0.906. The molecule has 2 aromatic carbocycles. The highest BCUT2D eigenvalue weighted by Gasteiger charge is 2.36. The van der Waals surface area contributed by atoms with Crippen molar-refractivity contribution in [1.29, 1.82) is 0 Å². The Morgan fingerprint density at radius 3 is 2.11 bits per heavy atom. The Labute approximate surface area is 269 Å². The molecule has 2 N–H and O–H groups in total. The van der Waals surface area contributed by atoms with Crippen LogP contribution >= 0.6 is 11.8 Å². The highest BCUT2D eigenvalue weighted by atomic mass is 32.2. The lowest BCUT2D eigenvalue weighted by Gasteiger charge is -2.35. The molecule has 0 aliphatic heterocycles. The summed E-state index contributed by atoms with van der Waals surface area (Å²) >= 11 is 1.60. The predicted molar refractivity (Wildman–Crippen MR) is 182 cm³/mol. The fraction of sp³-hybridized carbons (Fsp3) is 0.571. The minimum absolute atomic E-state index is 0.299. The van der Waals surface area contributed by atoms with Gasteiger partial charge in [0.05, 0.1) is 7.11 Å². The van der Waals surface area contributed by atoms with Crippen LogP contribution in [0.3, 0.4) is 0 Å². The molecular weight excluding hydrogens is 574 g/mol. The van der Waals surface area contributed by atoms with E-state index in [2.05, 4.69) is 17.6 Å². The van der Waals surface area contributed by atoms with Crippen LogP contribution in [0.15, 0.2) is 42.5 Å². The molecule has 0 bridgehead atoms. The average molecular weight is 628 g/mol. The van der Waals surface area contributed by atoms with Crippen LogP contribution in [-0.4, -0.2) is 60.1 Å². The number of alkyl carbamates (subject to hydrolysis) is 1. The zero-order chi connectivity index (χ0) is 32.7. The summed E-state index contributed by atoms with van der Waals surface area (Å²) < 4.78 is 10.8. The predicted octanol–water partition coefficient (Wildman–Crippen LogP) is 7.83. The lowest BCUT2D eigenvalue weighted by Crippen LogP contribution is -2.52. The Hall–Kier alpha value is -3.20. The molecule has 0 spiro atoms. The van der Waals surface area contributed by atoms with Gasteiger partial charge >= 0.3 is 6.09 Å². The number of nitrogens with zero attached hydrogens (tertiary/aromatic N) is 1. The molecule has 2 rings (SSSR count). The minimum Gasteiger partial charge on any atom is -0.497 e. The van der Waals surface area contributed by atoms with Gasteiger partial charge in [-0.25, -0.2) is 4.79 Å². The third kappa shape index (κ3) is 12.8. The normalized spacial score (nSPS) is 12.6. The first-order valence-electron chi connectivity index (χ1n) is 15.7. The van der Waals surface area contributed by atoms with E-state index in [1.807, 2.05) is 38.3 Å². The molecule has 2 aromatic rings. The van der Waals surface area contributed by atoms with E-state index >= 15 is 0 Å². The number of methoxy groups -OCH3 is 1. The van der Waals surface area contributed by atoms with Crippen LogP contribution < -0.4 is 15.4 Å². The Kier molecular flexibility index (Phi) is 15.6. The van der Waals surface area contributed by atoms with Gasteiger partial charge in [-0.1, -0.05) is 68.4 Å². The molecule has 0 aliphatic carbocycles. The van der Waals surface area contributed by atoms with Gasteiger partial charge in [0.25, 0.3) is 5.91 Å². The first kappa shape index (κ1) is 37.0. The van der Waals surface area contributed by atoms with Crippen molar-refractivity contribution in [3.05, 3.63) is 59.2 Å². The fourth-order valence-corrected chi connectivity index (χ4v) is 5.57. The standard InChI is InChI=1S/C35H53N3O5S/c1-9-10-11-12-13-14-20-38(33(40)30(19-21-44-8)37-34(41)43-35(4,5)6)31(27-23-25(2)22-26(3)24-27)32(39)36-28-15-17-29(42-7)18-16-28/h15-18,22-24,30-31H,9-14,19-21H2,1-8H3,(H,36,39)(H,37,41). The molecule has 9 heteroatoms. The molecule has 244 valence electrons. The number of benzene rings is 2. The zero-order valence-corrected chi connectivity index (χ0v) is 28.8. The maximum Gasteiger partial charge on any atom is 0.408 e. The van der Waals surface area contributed by atoms with Gasteiger partial charge in [0.1, 0.15) is 23.4 Å². The number of unbranched alkanes of at least 4 members (excludes halogenated alkanes) is 5. The Bertz CT molecular complexity index is 1180. The summed E-state index contributed by atoms with van der Waals surface area (Å²) in [5, 5.41) is 5.86. The van der Waals surface area contributed by atoms with Crippen molar-refractivity contribution in [2.24, 2.45) is 0 Å². The number of carbonyl (C=O) groups excluding carboxylic acids is 3. The van der Waals surface area contributed by atoms with E-state index in [0.29, 0.717) is 30.2 Å². The molecule has 0 saturated heterocycles. The molecule has 0 aliphatic rings. The smallest absolute Gasteiger partial charge is 0.408 e. The fourth-order valence-electron chi connectivity index (χ4n) is 5.10. The molecule has 0 radical (unpaired) electrons. The van der Waals surface area contributed by atoms with Crippen LogP contribution in [0.1, 0.15) is 95.4 Å². The quantitative estimate of drug-likeness (QED) is 0.174. The van der Waals surface area contributed by atoms with Gasteiger partial charge in [0, 0.05) is 12.2 Å². The molecule has 0 fully saturated rings. The van der Waals surface area contributed by atoms with Crippen LogP contribution in [0.5, 0.6) is 5.75 Å². The summed E-state index contributed by atoms with van der Waals surface area (Å²) in [4.78, 5) is 43.2. The molecule has 3 amide bonds. The van der Waals surface area contributed by atoms with Crippen LogP contribution in [0.2, 0.25) is 0 Å². The number of rotatable bonds is 17. The number of amides is 3. The maximum atomic E-state index is 14.5. The van der Waals surface area contributed by atoms with Gasteiger partial charge in [-0.15, -0.1) is 0 Å². The van der Waals surface area contributed by atoms with Crippen molar-refractivity contribution in [1.82, 2.24) is 10.2 Å². The zero-order valence-electron chi connectivity index (χ0n) is 28.0. The molecule has 2 atom stereocenters. The number of ether oxygens (including phenoxy) is 2. The summed E-state index contributed by atoms with van der Waals surface area (Å²) in [6.07, 6.45) is 7.94. The van der Waals surface area contributed by atoms with Crippen molar-refractivity contribution in [3.63, 3.8) is 0 Å². The summed E-state index contributed by atoms with van der Waals surface area (Å²) in [5.74, 6) is 0.718. The second-order valence-corrected chi connectivity index (χ2v) is 13.3. The SMILES string of the molecule is CCCCCCCCN(C(=O)C(CCSC)NC(=O)OC(C)(C)C)C(C(=O)Nc1ccc(OC)cc1)c1cc(C)cc(C)c1. The number of hydrogen-bond acceptors (Lipinski definition) is 6. The van der Waals surface area contributed by atoms with Crippen LogP contribution in [0.25, 0.3) is 0 Å². The monoisotopic (exact) mass is 627 g/mol. The molecule has 8 nitrogen and oxygen atoms in total. The van der Waals surface area contributed by atoms with Crippen LogP contribution in [-0.2, 0) is 14.3 Å². The van der Waals surface area contributed by atoms with Crippen LogP contribution in [0.4, 0.5) is 10.5 Å². The topological polar surface area (TPSA) is 97.0 Å². The second-order valence-electron chi connectivity index (χ2n) is 12.3. The van der Waals surface area contributed by atoms with Crippen molar-refractivity contribution >= 4 is 35.4 Å². The number of hydrogen-bond donors (Lipinski definition) is 2. The first-order valence-corrected chi connectivity index (χ1v) is 17.1. The second kappa shape index (κ2) is 18.6. The lowest BCUT2D eigenvalue weighted by atomic mass is 9.97. The summed E-state index contributed by atoms with van der Waals surface area (Å²) in [5.41, 5.74) is 2.62. The van der Waals surface area contributed by atoms with E-state index < -0.39 is 23.8 Å². The molecule has 2 unspecified atom stereocenters. The van der Waals surface area contributed by atoms with Gasteiger partial charge in [0.2, 0.25) is 5.91 Å². The number of nitrogens with one attached hydrogen (secondary N) is 2. The number of carbonyl (C=O) groups is 3. The Balaban J connectivity index is 2.54. The van der Waals surface area contributed by atoms with E-state index in [4.69, 9.17) is 9.47 Å². The molecule has 44 heavy (non-hydrogen) atoms. The van der Waals surface area contributed by atoms with E-state index in [1.165, 1.54) is 6.42 Å². The molecule has 0 aromatic heterocycles. The summed E-state index contributed by atoms with van der Waals surface area (Å²) in [6.45, 7) is 11.9. The van der Waals surface area contributed by atoms with Gasteiger partial charge in [-0.3, -0.25) is 9.59 Å². The summed E-state index contributed by atoms with van der Waals surface area (Å²) in [6, 6.07) is 11.3. The lowest BCUT2D eigenvalue weighted by molar-refractivity contribution is -0.141. The van der Waals surface area contributed by atoms with Gasteiger partial charge in [-0.2, -0.15) is 11.8 Å². The van der Waals surface area contributed by atoms with E-state index in [1.54, 1.807) is 68.8 Å². The highest BCUT2D eigenvalue weighted by Crippen LogP contribution is 2.28. The maximum absolute atomic E-state index is 14.5. The number of thioether (sulfide) groups is 1. The van der Waals surface area contributed by atoms with E-state index in [9.17, 15) is 14.4 Å².